The van der Waals surface area contributed by atoms with Crippen LogP contribution < -0.4 is 19.7 Å². The maximum absolute atomic E-state index is 11.8. The number of rotatable bonds is 8. The van der Waals surface area contributed by atoms with Crippen LogP contribution in [0.1, 0.15) is 30.7 Å². The number of carbonyl (C=O) groups is 2. The Morgan fingerprint density at radius 1 is 0.951 bits per heavy atom. The molecule has 3 aromatic carbocycles. The van der Waals surface area contributed by atoms with E-state index in [1.54, 1.807) is 0 Å². The highest BCUT2D eigenvalue weighted by molar-refractivity contribution is 8.15. The second-order valence-electron chi connectivity index (χ2n) is 9.88. The number of hydrogen-bond donors (Lipinski definition) is 1. The lowest BCUT2D eigenvalue weighted by Gasteiger charge is -2.30. The van der Waals surface area contributed by atoms with Crippen molar-refractivity contribution in [1.29, 1.82) is 0 Å². The fourth-order valence-corrected chi connectivity index (χ4v) is 5.95. The van der Waals surface area contributed by atoms with Gasteiger partial charge in [0.2, 0.25) is 5.91 Å². The molecule has 2 aliphatic heterocycles. The standard InChI is InChI=1S/C30H30N4O4S.2ClH/c1-33-25-18-22(38-26-8-4-3-7-24(26)34-15-5-2-6-16-34)13-14-23(25)31-28(33)19-37-21-11-9-20(10-12-21)17-27-29(35)32-30(36)39-27;;/h3-4,7-14,18,27H,2,5-6,15-17,19H2,1H3,(H,32,35,36);2*1H. The molecule has 1 atom stereocenters. The van der Waals surface area contributed by atoms with E-state index in [1.165, 1.54) is 19.3 Å². The summed E-state index contributed by atoms with van der Waals surface area (Å²) in [6, 6.07) is 21.8. The number of piperidine rings is 1. The number of nitrogens with one attached hydrogen (secondary N) is 1. The van der Waals surface area contributed by atoms with Gasteiger partial charge in [-0.3, -0.25) is 14.9 Å². The summed E-state index contributed by atoms with van der Waals surface area (Å²) in [4.78, 5) is 30.4. The van der Waals surface area contributed by atoms with Crippen LogP contribution in [0.3, 0.4) is 0 Å². The third kappa shape index (κ3) is 6.92. The molecule has 11 heteroatoms. The van der Waals surface area contributed by atoms with Crippen LogP contribution in [0.15, 0.2) is 66.7 Å². The number of hydrogen-bond acceptors (Lipinski definition) is 7. The Balaban J connectivity index is 0.00000194. The fraction of sp³-hybridized carbons (Fsp3) is 0.300. The molecule has 1 unspecified atom stereocenters. The highest BCUT2D eigenvalue weighted by Gasteiger charge is 2.31. The number of imide groups is 1. The van der Waals surface area contributed by atoms with Crippen molar-refractivity contribution in [2.24, 2.45) is 7.05 Å². The molecule has 0 bridgehead atoms. The third-order valence-electron chi connectivity index (χ3n) is 7.21. The van der Waals surface area contributed by atoms with Crippen molar-refractivity contribution >= 4 is 64.4 Å². The van der Waals surface area contributed by atoms with E-state index in [0.29, 0.717) is 18.8 Å². The number of ether oxygens (including phenoxy) is 2. The average molecular weight is 616 g/mol. The third-order valence-corrected chi connectivity index (χ3v) is 8.20. The van der Waals surface area contributed by atoms with E-state index in [0.717, 1.165) is 64.5 Å². The zero-order valence-electron chi connectivity index (χ0n) is 22.6. The smallest absolute Gasteiger partial charge is 0.286 e. The van der Waals surface area contributed by atoms with E-state index < -0.39 is 0 Å². The number of halogens is 2. The number of benzene rings is 3. The summed E-state index contributed by atoms with van der Waals surface area (Å²) in [6.45, 7) is 2.43. The zero-order chi connectivity index (χ0) is 26.8. The lowest BCUT2D eigenvalue weighted by molar-refractivity contribution is -0.118. The Morgan fingerprint density at radius 3 is 2.41 bits per heavy atom. The number of imidazole rings is 1. The Morgan fingerprint density at radius 2 is 1.68 bits per heavy atom. The molecule has 41 heavy (non-hydrogen) atoms. The van der Waals surface area contributed by atoms with Gasteiger partial charge >= 0.3 is 0 Å². The molecule has 1 N–H and O–H groups in total. The minimum Gasteiger partial charge on any atom is -0.486 e. The number of anilines is 1. The molecule has 8 nitrogen and oxygen atoms in total. The van der Waals surface area contributed by atoms with Crippen molar-refractivity contribution in [1.82, 2.24) is 14.9 Å². The summed E-state index contributed by atoms with van der Waals surface area (Å²) in [5.74, 6) is 2.92. The largest absolute Gasteiger partial charge is 0.486 e. The van der Waals surface area contributed by atoms with Gasteiger partial charge in [0, 0.05) is 26.2 Å². The van der Waals surface area contributed by atoms with Gasteiger partial charge in [0.1, 0.15) is 23.9 Å². The van der Waals surface area contributed by atoms with Gasteiger partial charge in [-0.05, 0) is 67.6 Å². The van der Waals surface area contributed by atoms with Gasteiger partial charge in [-0.15, -0.1) is 24.8 Å². The molecular weight excluding hydrogens is 583 g/mol. The molecule has 6 rings (SSSR count). The number of fused-ring (bicyclic) bond motifs is 1. The van der Waals surface area contributed by atoms with Gasteiger partial charge < -0.3 is 18.9 Å². The molecule has 2 saturated heterocycles. The number of thioether (sulfide) groups is 1. The normalized spacial score (nSPS) is 16.6. The first kappa shape index (κ1) is 30.6. The quantitative estimate of drug-likeness (QED) is 0.237. The van der Waals surface area contributed by atoms with E-state index in [4.69, 9.17) is 14.5 Å². The molecule has 2 amide bonds. The van der Waals surface area contributed by atoms with E-state index in [9.17, 15) is 9.59 Å². The maximum atomic E-state index is 11.8. The molecule has 1 aromatic heterocycles. The molecule has 2 fully saturated rings. The molecule has 0 radical (unpaired) electrons. The van der Waals surface area contributed by atoms with Gasteiger partial charge in [0.25, 0.3) is 5.24 Å². The lowest BCUT2D eigenvalue weighted by Crippen LogP contribution is -2.29. The van der Waals surface area contributed by atoms with Crippen LogP contribution in [-0.2, 0) is 24.9 Å². The van der Waals surface area contributed by atoms with Gasteiger partial charge in [-0.1, -0.05) is 36.0 Å². The second-order valence-corrected chi connectivity index (χ2v) is 11.1. The van der Waals surface area contributed by atoms with E-state index >= 15 is 0 Å². The SMILES string of the molecule is Cl.Cl.Cn1c(COc2ccc(CC3SC(=O)NC3=O)cc2)nc2ccc(Oc3ccccc3N3CCCCC3)cc21. The lowest BCUT2D eigenvalue weighted by atomic mass is 10.1. The van der Waals surface area contributed by atoms with Crippen molar-refractivity contribution in [2.45, 2.75) is 37.5 Å². The van der Waals surface area contributed by atoms with Gasteiger partial charge in [0.05, 0.1) is 22.0 Å². The van der Waals surface area contributed by atoms with Crippen LogP contribution in [0.2, 0.25) is 0 Å². The topological polar surface area (TPSA) is 85.7 Å². The first-order valence-corrected chi connectivity index (χ1v) is 14.1. The van der Waals surface area contributed by atoms with Gasteiger partial charge in [-0.2, -0.15) is 0 Å². The van der Waals surface area contributed by atoms with E-state index in [2.05, 4.69) is 22.3 Å². The van der Waals surface area contributed by atoms with Crippen LogP contribution in [0.5, 0.6) is 17.2 Å². The minimum atomic E-state index is -0.378. The van der Waals surface area contributed by atoms with Crippen molar-refractivity contribution in [3.8, 4) is 17.2 Å². The predicted octanol–water partition coefficient (Wildman–Crippen LogP) is 6.67. The Labute approximate surface area is 255 Å². The monoisotopic (exact) mass is 614 g/mol. The zero-order valence-corrected chi connectivity index (χ0v) is 25.0. The van der Waals surface area contributed by atoms with E-state index in [1.807, 2.05) is 66.2 Å². The summed E-state index contributed by atoms with van der Waals surface area (Å²) in [6.07, 6.45) is 4.22. The van der Waals surface area contributed by atoms with Crippen LogP contribution in [0, 0.1) is 0 Å². The molecule has 0 spiro atoms. The summed E-state index contributed by atoms with van der Waals surface area (Å²) in [5.41, 5.74) is 3.96. The van der Waals surface area contributed by atoms with Gasteiger partial charge in [-0.25, -0.2) is 4.98 Å². The summed E-state index contributed by atoms with van der Waals surface area (Å²) in [5, 5.41) is 1.66. The molecule has 0 saturated carbocycles. The Kier molecular flexibility index (Phi) is 10.1. The molecule has 2 aliphatic rings. The molecular formula is C30H32Cl2N4O4S. The van der Waals surface area contributed by atoms with Crippen LogP contribution >= 0.6 is 36.6 Å². The van der Waals surface area contributed by atoms with Crippen molar-refractivity contribution in [2.75, 3.05) is 18.0 Å². The first-order chi connectivity index (χ1) is 19.0. The van der Waals surface area contributed by atoms with Crippen molar-refractivity contribution < 1.29 is 19.1 Å². The van der Waals surface area contributed by atoms with Crippen molar-refractivity contribution in [3.63, 3.8) is 0 Å². The first-order valence-electron chi connectivity index (χ1n) is 13.2. The molecule has 4 aromatic rings. The van der Waals surface area contributed by atoms with Crippen LogP contribution in [0.25, 0.3) is 11.0 Å². The summed E-state index contributed by atoms with van der Waals surface area (Å²) >= 11 is 1.04. The molecule has 0 aliphatic carbocycles. The second kappa shape index (κ2) is 13.5. The van der Waals surface area contributed by atoms with Gasteiger partial charge in [0.15, 0.2) is 5.75 Å². The number of aromatic nitrogens is 2. The number of amides is 2. The number of para-hydroxylation sites is 2. The highest BCUT2D eigenvalue weighted by Crippen LogP contribution is 2.35. The number of carbonyl (C=O) groups excluding carboxylic acids is 2. The number of nitrogens with zero attached hydrogens (tertiary/aromatic N) is 3. The molecule has 3 heterocycles. The highest BCUT2D eigenvalue weighted by atomic mass is 35.5. The van der Waals surface area contributed by atoms with Crippen LogP contribution in [-0.4, -0.2) is 39.0 Å². The predicted molar refractivity (Wildman–Crippen MR) is 167 cm³/mol. The number of aryl methyl sites for hydroxylation is 1. The fourth-order valence-electron chi connectivity index (χ4n) is 5.09. The maximum Gasteiger partial charge on any atom is 0.286 e. The summed E-state index contributed by atoms with van der Waals surface area (Å²) in [7, 11) is 1.98. The van der Waals surface area contributed by atoms with Crippen molar-refractivity contribution in [3.05, 3.63) is 78.1 Å². The average Bonchev–Trinajstić information content (AvgIpc) is 3.45. The minimum absolute atomic E-state index is 0. The van der Waals surface area contributed by atoms with E-state index in [-0.39, 0.29) is 41.2 Å². The summed E-state index contributed by atoms with van der Waals surface area (Å²) < 4.78 is 14.4. The molecule has 216 valence electrons. The Bertz CT molecular complexity index is 1520. The van der Waals surface area contributed by atoms with Crippen LogP contribution in [0.4, 0.5) is 10.5 Å². The Hall–Kier alpha value is -3.40.